The van der Waals surface area contributed by atoms with Crippen LogP contribution in [0.4, 0.5) is 0 Å². The monoisotopic (exact) mass is 201 g/mol. The predicted octanol–water partition coefficient (Wildman–Crippen LogP) is 2.98. The summed E-state index contributed by atoms with van der Waals surface area (Å²) in [6.07, 6.45) is 2.57. The van der Waals surface area contributed by atoms with E-state index in [-0.39, 0.29) is 0 Å². The molecule has 0 N–H and O–H groups in total. The Hall–Kier alpha value is -1.49. The van der Waals surface area contributed by atoms with E-state index in [1.807, 2.05) is 18.2 Å². The molecular formula is C13H15NO. The van der Waals surface area contributed by atoms with E-state index in [1.165, 1.54) is 12.8 Å². The first-order chi connectivity index (χ1) is 7.31. The molecule has 2 unspecified atom stereocenters. The number of nitriles is 1. The molecule has 1 saturated carbocycles. The fourth-order valence-electron chi connectivity index (χ4n) is 1.86. The molecule has 0 aromatic heterocycles. The molecule has 0 amide bonds. The topological polar surface area (TPSA) is 33.0 Å². The van der Waals surface area contributed by atoms with Gasteiger partial charge in [0, 0.05) is 0 Å². The van der Waals surface area contributed by atoms with Crippen molar-refractivity contribution >= 4 is 0 Å². The van der Waals surface area contributed by atoms with Crippen molar-refractivity contribution in [2.75, 3.05) is 6.61 Å². The lowest BCUT2D eigenvalue weighted by atomic mass is 9.75. The molecule has 1 fully saturated rings. The highest BCUT2D eigenvalue weighted by Gasteiger charge is 2.27. The van der Waals surface area contributed by atoms with Gasteiger partial charge in [0.1, 0.15) is 11.8 Å². The van der Waals surface area contributed by atoms with Gasteiger partial charge in [0.25, 0.3) is 0 Å². The number of hydrogen-bond acceptors (Lipinski definition) is 2. The summed E-state index contributed by atoms with van der Waals surface area (Å²) in [4.78, 5) is 0. The molecule has 2 heteroatoms. The Balaban J connectivity index is 1.96. The van der Waals surface area contributed by atoms with Crippen LogP contribution in [0.15, 0.2) is 24.3 Å². The van der Waals surface area contributed by atoms with Crippen LogP contribution in [0, 0.1) is 23.2 Å². The number of para-hydroxylation sites is 1. The normalized spacial score (nSPS) is 24.0. The summed E-state index contributed by atoms with van der Waals surface area (Å²) < 4.78 is 5.68. The zero-order valence-corrected chi connectivity index (χ0v) is 8.94. The average Bonchev–Trinajstić information content (AvgIpc) is 2.28. The summed E-state index contributed by atoms with van der Waals surface area (Å²) in [5, 5.41) is 8.88. The van der Waals surface area contributed by atoms with Gasteiger partial charge in [0.15, 0.2) is 0 Å². The summed E-state index contributed by atoms with van der Waals surface area (Å²) in [5.74, 6) is 2.18. The molecule has 15 heavy (non-hydrogen) atoms. The van der Waals surface area contributed by atoms with Crippen molar-refractivity contribution in [1.82, 2.24) is 0 Å². The number of hydrogen-bond donors (Lipinski definition) is 0. The van der Waals surface area contributed by atoms with Crippen LogP contribution in [0.1, 0.15) is 25.3 Å². The summed E-state index contributed by atoms with van der Waals surface area (Å²) in [7, 11) is 0. The molecule has 78 valence electrons. The van der Waals surface area contributed by atoms with E-state index in [2.05, 4.69) is 13.0 Å². The largest absolute Gasteiger partial charge is 0.492 e. The number of nitrogens with zero attached hydrogens (tertiary/aromatic N) is 1. The molecule has 0 spiro atoms. The van der Waals surface area contributed by atoms with Gasteiger partial charge >= 0.3 is 0 Å². The Labute approximate surface area is 90.5 Å². The van der Waals surface area contributed by atoms with E-state index in [9.17, 15) is 0 Å². The van der Waals surface area contributed by atoms with E-state index >= 15 is 0 Å². The molecule has 0 radical (unpaired) electrons. The summed E-state index contributed by atoms with van der Waals surface area (Å²) in [5.41, 5.74) is 0.629. The lowest BCUT2D eigenvalue weighted by Crippen LogP contribution is -2.28. The quantitative estimate of drug-likeness (QED) is 0.753. The predicted molar refractivity (Wildman–Crippen MR) is 58.5 cm³/mol. The molecule has 0 saturated heterocycles. The van der Waals surface area contributed by atoms with E-state index in [0.717, 1.165) is 18.3 Å². The van der Waals surface area contributed by atoms with Gasteiger partial charge < -0.3 is 4.74 Å². The third kappa shape index (κ3) is 2.12. The fourth-order valence-corrected chi connectivity index (χ4v) is 1.86. The smallest absolute Gasteiger partial charge is 0.137 e. The van der Waals surface area contributed by atoms with Crippen LogP contribution in [-0.2, 0) is 0 Å². The Kier molecular flexibility index (Phi) is 2.91. The van der Waals surface area contributed by atoms with Crippen molar-refractivity contribution in [3.05, 3.63) is 29.8 Å². The van der Waals surface area contributed by atoms with Gasteiger partial charge in [-0.2, -0.15) is 5.26 Å². The third-order valence-corrected chi connectivity index (χ3v) is 3.26. The minimum absolute atomic E-state index is 0.629. The Bertz CT molecular complexity index is 380. The molecule has 0 bridgehead atoms. The second-order valence-electron chi connectivity index (χ2n) is 4.23. The van der Waals surface area contributed by atoms with Crippen molar-refractivity contribution in [3.63, 3.8) is 0 Å². The summed E-state index contributed by atoms with van der Waals surface area (Å²) in [6, 6.07) is 9.56. The van der Waals surface area contributed by atoms with E-state index in [0.29, 0.717) is 11.5 Å². The Morgan fingerprint density at radius 3 is 2.80 bits per heavy atom. The van der Waals surface area contributed by atoms with Crippen LogP contribution in [0.3, 0.4) is 0 Å². The maximum absolute atomic E-state index is 8.88. The highest BCUT2D eigenvalue weighted by atomic mass is 16.5. The maximum atomic E-state index is 8.88. The van der Waals surface area contributed by atoms with Crippen LogP contribution >= 0.6 is 0 Å². The van der Waals surface area contributed by atoms with Gasteiger partial charge in [-0.3, -0.25) is 0 Å². The van der Waals surface area contributed by atoms with Crippen molar-refractivity contribution in [2.24, 2.45) is 11.8 Å². The second-order valence-corrected chi connectivity index (χ2v) is 4.23. The lowest BCUT2D eigenvalue weighted by molar-refractivity contribution is 0.116. The highest BCUT2D eigenvalue weighted by molar-refractivity contribution is 5.42. The fraction of sp³-hybridized carbons (Fsp3) is 0.462. The number of ether oxygens (including phenoxy) is 1. The zero-order chi connectivity index (χ0) is 10.7. The standard InChI is InChI=1S/C13H15NO/c1-10-6-7-12(10)9-15-13-5-3-2-4-11(13)8-14/h2-5,10,12H,6-7,9H2,1H3. The van der Waals surface area contributed by atoms with Crippen LogP contribution in [0.25, 0.3) is 0 Å². The Morgan fingerprint density at radius 2 is 2.20 bits per heavy atom. The molecule has 1 aliphatic rings. The SMILES string of the molecule is CC1CCC1COc1ccccc1C#N. The Morgan fingerprint density at radius 1 is 1.40 bits per heavy atom. The van der Waals surface area contributed by atoms with Crippen molar-refractivity contribution in [3.8, 4) is 11.8 Å². The van der Waals surface area contributed by atoms with E-state index in [1.54, 1.807) is 6.07 Å². The maximum Gasteiger partial charge on any atom is 0.137 e. The second kappa shape index (κ2) is 4.35. The van der Waals surface area contributed by atoms with Crippen LogP contribution in [0.2, 0.25) is 0 Å². The number of rotatable bonds is 3. The molecule has 1 aliphatic carbocycles. The van der Waals surface area contributed by atoms with Crippen molar-refractivity contribution in [1.29, 1.82) is 5.26 Å². The van der Waals surface area contributed by atoms with Crippen molar-refractivity contribution in [2.45, 2.75) is 19.8 Å². The first kappa shape index (κ1) is 10.0. The zero-order valence-electron chi connectivity index (χ0n) is 8.94. The summed E-state index contributed by atoms with van der Waals surface area (Å²) in [6.45, 7) is 3.01. The minimum Gasteiger partial charge on any atom is -0.492 e. The van der Waals surface area contributed by atoms with Gasteiger partial charge in [0.05, 0.1) is 12.2 Å². The molecule has 2 atom stereocenters. The molecule has 1 aromatic rings. The molecule has 0 aliphatic heterocycles. The molecule has 0 heterocycles. The molecule has 2 nitrogen and oxygen atoms in total. The van der Waals surface area contributed by atoms with Crippen molar-refractivity contribution < 1.29 is 4.74 Å². The minimum atomic E-state index is 0.629. The van der Waals surface area contributed by atoms with Gasteiger partial charge in [-0.1, -0.05) is 19.1 Å². The summed E-state index contributed by atoms with van der Waals surface area (Å²) >= 11 is 0. The first-order valence-corrected chi connectivity index (χ1v) is 5.43. The van der Waals surface area contributed by atoms with Gasteiger partial charge in [-0.05, 0) is 36.8 Å². The van der Waals surface area contributed by atoms with Gasteiger partial charge in [-0.15, -0.1) is 0 Å². The van der Waals surface area contributed by atoms with Gasteiger partial charge in [-0.25, -0.2) is 0 Å². The van der Waals surface area contributed by atoms with E-state index < -0.39 is 0 Å². The average molecular weight is 201 g/mol. The number of benzene rings is 1. The lowest BCUT2D eigenvalue weighted by Gasteiger charge is -2.33. The molecular weight excluding hydrogens is 186 g/mol. The van der Waals surface area contributed by atoms with E-state index in [4.69, 9.17) is 10.00 Å². The van der Waals surface area contributed by atoms with Gasteiger partial charge in [0.2, 0.25) is 0 Å². The highest BCUT2D eigenvalue weighted by Crippen LogP contribution is 2.34. The third-order valence-electron chi connectivity index (χ3n) is 3.26. The van der Waals surface area contributed by atoms with Crippen LogP contribution < -0.4 is 4.74 Å². The van der Waals surface area contributed by atoms with Crippen LogP contribution in [0.5, 0.6) is 5.75 Å². The molecule has 2 rings (SSSR count). The first-order valence-electron chi connectivity index (χ1n) is 5.43. The van der Waals surface area contributed by atoms with Crippen LogP contribution in [-0.4, -0.2) is 6.61 Å². The molecule has 1 aromatic carbocycles.